The third kappa shape index (κ3) is 12.7. The van der Waals surface area contributed by atoms with Crippen molar-refractivity contribution in [1.29, 1.82) is 0 Å². The summed E-state index contributed by atoms with van der Waals surface area (Å²) in [5.41, 5.74) is 0. The zero-order valence-electron chi connectivity index (χ0n) is 9.78. The number of hydrogen-bond acceptors (Lipinski definition) is 0. The van der Waals surface area contributed by atoms with E-state index in [0.717, 1.165) is 0 Å². The van der Waals surface area contributed by atoms with Gasteiger partial charge in [0.05, 0.1) is 0 Å². The van der Waals surface area contributed by atoms with Crippen LogP contribution < -0.4 is 0 Å². The highest BCUT2D eigenvalue weighted by Crippen LogP contribution is 2.09. The summed E-state index contributed by atoms with van der Waals surface area (Å²) in [4.78, 5) is 0. The van der Waals surface area contributed by atoms with Crippen molar-refractivity contribution < 1.29 is 0 Å². The molecule has 0 bridgehead atoms. The Hall–Kier alpha value is 0.651. The highest BCUT2D eigenvalue weighted by Gasteiger charge is 1.91. The van der Waals surface area contributed by atoms with Gasteiger partial charge in [-0.3, -0.25) is 0 Å². The van der Waals surface area contributed by atoms with Gasteiger partial charge >= 0.3 is 0 Å². The topological polar surface area (TPSA) is 0 Å². The monoisotopic (exact) mass is 232 g/mol. The largest absolute Gasteiger partial charge is 0.0655 e. The molecule has 0 spiro atoms. The minimum atomic E-state index is 0.575. The summed E-state index contributed by atoms with van der Waals surface area (Å²) >= 11 is 0. The molecule has 0 aliphatic carbocycles. The Labute approximate surface area is 91.9 Å². The fourth-order valence-electron chi connectivity index (χ4n) is 1.74. The molecule has 0 N–H and O–H groups in total. The first-order chi connectivity index (χ1) is 6.41. The van der Waals surface area contributed by atoms with Crippen LogP contribution in [-0.4, -0.2) is 27.4 Å². The lowest BCUT2D eigenvalue weighted by Gasteiger charge is -2.00. The summed E-state index contributed by atoms with van der Waals surface area (Å²) in [5, 5.41) is 0. The molecule has 0 atom stereocenters. The van der Waals surface area contributed by atoms with Crippen molar-refractivity contribution in [2.45, 2.75) is 64.3 Å². The van der Waals surface area contributed by atoms with Gasteiger partial charge in [0.15, 0.2) is 0 Å². The summed E-state index contributed by atoms with van der Waals surface area (Å²) in [7, 11) is 2.83. The molecule has 0 aliphatic heterocycles. The lowest BCUT2D eigenvalue weighted by Crippen LogP contribution is -2.01. The average Bonchev–Trinajstić information content (AvgIpc) is 2.16. The van der Waals surface area contributed by atoms with Gasteiger partial charge in [0.2, 0.25) is 0 Å². The Morgan fingerprint density at radius 3 is 1.92 bits per heavy atom. The summed E-state index contributed by atoms with van der Waals surface area (Å²) in [6.07, 6.45) is 12.0. The van der Waals surface area contributed by atoms with Gasteiger partial charge in [-0.2, -0.15) is 0 Å². The third-order valence-electron chi connectivity index (χ3n) is 2.71. The molecule has 0 unspecified atom stereocenters. The number of hydrogen-bond donors (Lipinski definition) is 0. The van der Waals surface area contributed by atoms with Gasteiger partial charge in [0, 0.05) is 9.04 Å². The van der Waals surface area contributed by atoms with E-state index in [1.54, 1.807) is 28.6 Å². The Morgan fingerprint density at radius 1 is 0.846 bits per heavy atom. The van der Waals surface area contributed by atoms with Crippen LogP contribution in [0.25, 0.3) is 0 Å². The Kier molecular flexibility index (Phi) is 13.3. The second-order valence-corrected chi connectivity index (χ2v) is 20.7. The molecular weight excluding hydrogens is 204 g/mol. The molecule has 0 heterocycles. The van der Waals surface area contributed by atoms with Gasteiger partial charge < -0.3 is 0 Å². The molecule has 0 aromatic rings. The SMILES string of the molecule is CCCCCCCCCC[SiH2][SiH2][SiH3]. The normalized spacial score (nSPS) is 12.7. The molecule has 0 aliphatic rings. The van der Waals surface area contributed by atoms with Gasteiger partial charge in [0.25, 0.3) is 0 Å². The van der Waals surface area contributed by atoms with E-state index in [2.05, 4.69) is 6.92 Å². The van der Waals surface area contributed by atoms with E-state index in [1.165, 1.54) is 38.5 Å². The van der Waals surface area contributed by atoms with Crippen molar-refractivity contribution in [3.8, 4) is 0 Å². The average molecular weight is 233 g/mol. The highest BCUT2D eigenvalue weighted by atomic mass is 29.5. The van der Waals surface area contributed by atoms with E-state index in [9.17, 15) is 0 Å². The Bertz CT molecular complexity index is 76.2. The van der Waals surface area contributed by atoms with Gasteiger partial charge in [-0.05, 0) is 18.3 Å². The molecule has 0 saturated heterocycles. The zero-order valence-corrected chi connectivity index (χ0v) is 14.6. The van der Waals surface area contributed by atoms with E-state index >= 15 is 0 Å². The van der Waals surface area contributed by atoms with E-state index < -0.39 is 0 Å². The van der Waals surface area contributed by atoms with Crippen LogP contribution in [0, 0.1) is 0 Å². The van der Waals surface area contributed by atoms with E-state index in [1.807, 2.05) is 0 Å². The van der Waals surface area contributed by atoms with Gasteiger partial charge in [-0.1, -0.05) is 64.3 Å². The van der Waals surface area contributed by atoms with Gasteiger partial charge in [-0.15, -0.1) is 0 Å². The fraction of sp³-hybridized carbons (Fsp3) is 1.00. The minimum absolute atomic E-state index is 0.575. The van der Waals surface area contributed by atoms with Crippen LogP contribution in [0.5, 0.6) is 0 Å². The van der Waals surface area contributed by atoms with Gasteiger partial charge in [-0.25, -0.2) is 0 Å². The van der Waals surface area contributed by atoms with Crippen LogP contribution >= 0.6 is 0 Å². The van der Waals surface area contributed by atoms with Crippen LogP contribution in [0.1, 0.15) is 58.3 Å². The number of rotatable bonds is 10. The molecule has 13 heavy (non-hydrogen) atoms. The molecule has 0 aromatic heterocycles. The van der Waals surface area contributed by atoms with Crippen molar-refractivity contribution in [3.63, 3.8) is 0 Å². The molecule has 0 saturated carbocycles. The first-order valence-electron chi connectivity index (χ1n) is 6.41. The molecule has 0 aromatic carbocycles. The van der Waals surface area contributed by atoms with Crippen molar-refractivity contribution >= 4 is 27.4 Å². The standard InChI is InChI=1S/C10H28Si3/c1-2-3-4-5-6-7-8-9-10-12-13-11/h2-10,12-13H2,1,11H3. The maximum atomic E-state index is 2.29. The van der Waals surface area contributed by atoms with Crippen LogP contribution in [0.2, 0.25) is 6.04 Å². The Balaban J connectivity index is 2.76. The minimum Gasteiger partial charge on any atom is -0.0655 e. The van der Waals surface area contributed by atoms with Crippen molar-refractivity contribution in [3.05, 3.63) is 0 Å². The maximum Gasteiger partial charge on any atom is 0.00460 e. The van der Waals surface area contributed by atoms with E-state index in [4.69, 9.17) is 0 Å². The van der Waals surface area contributed by atoms with Crippen molar-refractivity contribution in [2.75, 3.05) is 0 Å². The van der Waals surface area contributed by atoms with Gasteiger partial charge in [0.1, 0.15) is 0 Å². The Morgan fingerprint density at radius 2 is 1.38 bits per heavy atom. The lowest BCUT2D eigenvalue weighted by atomic mass is 10.1. The zero-order chi connectivity index (χ0) is 9.78. The fourth-order valence-corrected chi connectivity index (χ4v) is 10.0. The number of unbranched alkanes of at least 4 members (excludes halogenated alkanes) is 7. The molecule has 3 heteroatoms. The van der Waals surface area contributed by atoms with E-state index in [0.29, 0.717) is 17.6 Å². The molecule has 0 nitrogen and oxygen atoms in total. The summed E-state index contributed by atoms with van der Waals surface area (Å²) < 4.78 is 0. The quantitative estimate of drug-likeness (QED) is 0.391. The summed E-state index contributed by atoms with van der Waals surface area (Å²) in [5.74, 6) is 0. The molecule has 0 rings (SSSR count). The highest BCUT2D eigenvalue weighted by molar-refractivity contribution is 7.23. The first-order valence-corrected chi connectivity index (χ1v) is 17.1. The third-order valence-corrected chi connectivity index (χ3v) is 14.4. The molecular formula is C10H28Si3. The first kappa shape index (κ1) is 13.7. The van der Waals surface area contributed by atoms with Crippen molar-refractivity contribution in [2.24, 2.45) is 0 Å². The lowest BCUT2D eigenvalue weighted by molar-refractivity contribution is 0.585. The molecule has 80 valence electrons. The van der Waals surface area contributed by atoms with Crippen LogP contribution in [0.4, 0.5) is 0 Å². The van der Waals surface area contributed by atoms with Crippen LogP contribution in [0.15, 0.2) is 0 Å². The maximum absolute atomic E-state index is 2.29. The van der Waals surface area contributed by atoms with Crippen LogP contribution in [0.3, 0.4) is 0 Å². The van der Waals surface area contributed by atoms with E-state index in [-0.39, 0.29) is 0 Å². The smallest absolute Gasteiger partial charge is 0.00460 e. The summed E-state index contributed by atoms with van der Waals surface area (Å²) in [6.45, 7) is 2.29. The molecule has 0 radical (unpaired) electrons. The molecule has 0 amide bonds. The van der Waals surface area contributed by atoms with Crippen molar-refractivity contribution in [1.82, 2.24) is 0 Å². The predicted octanol–water partition coefficient (Wildman–Crippen LogP) is 1.08. The second-order valence-electron chi connectivity index (χ2n) is 4.18. The molecule has 0 fully saturated rings. The van der Waals surface area contributed by atoms with Crippen LogP contribution in [-0.2, 0) is 0 Å². The predicted molar refractivity (Wildman–Crippen MR) is 74.4 cm³/mol. The second kappa shape index (κ2) is 12.7. The summed E-state index contributed by atoms with van der Waals surface area (Å²) in [6, 6.07) is 1.70.